The molecular weight excluding hydrogens is 436 g/mol. The second kappa shape index (κ2) is 10.0. The molecule has 2 saturated carbocycles. The predicted molar refractivity (Wildman–Crippen MR) is 130 cm³/mol. The maximum Gasteiger partial charge on any atom is 0.217 e. The zero-order chi connectivity index (χ0) is 23.5. The van der Waals surface area contributed by atoms with Gasteiger partial charge in [0.05, 0.1) is 22.3 Å². The number of fused-ring (bicyclic) bond motifs is 1. The van der Waals surface area contributed by atoms with Gasteiger partial charge in [0.15, 0.2) is 0 Å². The number of anilines is 2. The number of nitriles is 1. The Balaban J connectivity index is 1.58. The van der Waals surface area contributed by atoms with Crippen molar-refractivity contribution in [2.45, 2.75) is 71.4 Å². The average Bonchev–Trinajstić information content (AvgIpc) is 3.51. The number of halogens is 1. The van der Waals surface area contributed by atoms with Gasteiger partial charge in [0.25, 0.3) is 0 Å². The summed E-state index contributed by atoms with van der Waals surface area (Å²) in [6.07, 6.45) is 8.04. The van der Waals surface area contributed by atoms with Crippen LogP contribution in [0.4, 0.5) is 11.5 Å². The number of pyridine rings is 1. The van der Waals surface area contributed by atoms with Gasteiger partial charge in [-0.05, 0) is 69.1 Å². The molecule has 33 heavy (non-hydrogen) atoms. The number of hydrogen-bond donors (Lipinski definition) is 2. The van der Waals surface area contributed by atoms with E-state index in [2.05, 4.69) is 28.6 Å². The fourth-order valence-electron chi connectivity index (χ4n) is 4.92. The van der Waals surface area contributed by atoms with Gasteiger partial charge < -0.3 is 15.4 Å². The number of ether oxygens (including phenoxy) is 1. The minimum absolute atomic E-state index is 0.0202. The Kier molecular flexibility index (Phi) is 7.09. The third-order valence-corrected chi connectivity index (χ3v) is 7.14. The van der Waals surface area contributed by atoms with E-state index < -0.39 is 0 Å². The van der Waals surface area contributed by atoms with Crippen molar-refractivity contribution in [1.29, 1.82) is 5.26 Å². The molecule has 4 rings (SSSR count). The van der Waals surface area contributed by atoms with Gasteiger partial charge in [0, 0.05) is 36.7 Å². The van der Waals surface area contributed by atoms with Crippen LogP contribution >= 0.6 is 11.6 Å². The summed E-state index contributed by atoms with van der Waals surface area (Å²) in [6, 6.07) is 7.40. The number of aromatic nitrogens is 1. The van der Waals surface area contributed by atoms with E-state index in [1.54, 1.807) is 25.1 Å². The van der Waals surface area contributed by atoms with Gasteiger partial charge >= 0.3 is 0 Å². The van der Waals surface area contributed by atoms with Crippen molar-refractivity contribution < 1.29 is 9.53 Å². The molecule has 2 aromatic rings. The molecule has 0 spiro atoms. The zero-order valence-electron chi connectivity index (χ0n) is 19.5. The first-order valence-corrected chi connectivity index (χ1v) is 12.1. The van der Waals surface area contributed by atoms with Crippen molar-refractivity contribution in [3.63, 3.8) is 0 Å². The summed E-state index contributed by atoms with van der Waals surface area (Å²) in [5.74, 6) is 3.07. The summed E-state index contributed by atoms with van der Waals surface area (Å²) in [5.41, 5.74) is 3.20. The van der Waals surface area contributed by atoms with E-state index in [9.17, 15) is 4.79 Å². The molecule has 1 aromatic heterocycles. The average molecular weight is 467 g/mol. The molecule has 0 bridgehead atoms. The second-order valence-corrected chi connectivity index (χ2v) is 9.72. The lowest BCUT2D eigenvalue weighted by Crippen LogP contribution is -2.38. The van der Waals surface area contributed by atoms with Crippen LogP contribution in [0, 0.1) is 30.1 Å². The van der Waals surface area contributed by atoms with Crippen molar-refractivity contribution in [3.05, 3.63) is 46.1 Å². The molecule has 1 heterocycles. The Morgan fingerprint density at radius 3 is 2.79 bits per heavy atom. The van der Waals surface area contributed by atoms with Crippen LogP contribution in [0.25, 0.3) is 0 Å². The molecule has 1 amide bonds. The van der Waals surface area contributed by atoms with Crippen molar-refractivity contribution in [2.75, 3.05) is 5.32 Å². The molecule has 2 N–H and O–H groups in total. The zero-order valence-corrected chi connectivity index (χ0v) is 20.2. The van der Waals surface area contributed by atoms with E-state index in [1.165, 1.54) is 12.8 Å². The molecule has 1 aromatic carbocycles. The van der Waals surface area contributed by atoms with Crippen molar-refractivity contribution in [3.8, 4) is 11.8 Å². The van der Waals surface area contributed by atoms with Crippen LogP contribution in [0.2, 0.25) is 5.02 Å². The van der Waals surface area contributed by atoms with Gasteiger partial charge in [-0.25, -0.2) is 4.98 Å². The van der Waals surface area contributed by atoms with Crippen molar-refractivity contribution in [1.82, 2.24) is 10.3 Å². The Bertz CT molecular complexity index is 1080. The summed E-state index contributed by atoms with van der Waals surface area (Å²) in [4.78, 5) is 16.3. The second-order valence-electron chi connectivity index (χ2n) is 9.31. The molecular formula is C26H31ClN4O2. The van der Waals surface area contributed by atoms with Gasteiger partial charge in [0.2, 0.25) is 5.91 Å². The number of benzene rings is 1. The van der Waals surface area contributed by atoms with Crippen LogP contribution in [0.15, 0.2) is 24.4 Å². The highest BCUT2D eigenvalue weighted by molar-refractivity contribution is 6.33. The third-order valence-electron chi connectivity index (χ3n) is 6.83. The molecule has 2 aliphatic rings. The van der Waals surface area contributed by atoms with E-state index in [0.29, 0.717) is 22.1 Å². The fourth-order valence-corrected chi connectivity index (χ4v) is 5.15. The number of carbonyl (C=O) groups excluding carboxylic acids is 1. The summed E-state index contributed by atoms with van der Waals surface area (Å²) < 4.78 is 6.69. The first kappa shape index (κ1) is 23.4. The lowest BCUT2D eigenvalue weighted by molar-refractivity contribution is -0.119. The highest BCUT2D eigenvalue weighted by atomic mass is 35.5. The first-order valence-electron chi connectivity index (χ1n) is 11.8. The predicted octanol–water partition coefficient (Wildman–Crippen LogP) is 5.68. The van der Waals surface area contributed by atoms with Crippen LogP contribution < -0.4 is 15.4 Å². The van der Waals surface area contributed by atoms with E-state index >= 15 is 0 Å². The molecule has 0 radical (unpaired) electrons. The minimum atomic E-state index is 0.0202. The number of amides is 1. The number of nitrogens with zero attached hydrogens (tertiary/aromatic N) is 2. The number of nitrogens with one attached hydrogen (secondary N) is 2. The minimum Gasteiger partial charge on any atom is -0.490 e. The normalized spacial score (nSPS) is 24.0. The summed E-state index contributed by atoms with van der Waals surface area (Å²) >= 11 is 6.37. The number of rotatable bonds is 6. The van der Waals surface area contributed by atoms with Crippen molar-refractivity contribution in [2.24, 2.45) is 11.8 Å². The Labute approximate surface area is 200 Å². The molecule has 4 unspecified atom stereocenters. The summed E-state index contributed by atoms with van der Waals surface area (Å²) in [5, 5.41) is 16.0. The van der Waals surface area contributed by atoms with Crippen LogP contribution in [-0.2, 0) is 11.2 Å². The smallest absolute Gasteiger partial charge is 0.217 e. The lowest BCUT2D eigenvalue weighted by Gasteiger charge is -2.29. The Hall–Kier alpha value is -2.78. The van der Waals surface area contributed by atoms with Crippen LogP contribution in [0.5, 0.6) is 5.75 Å². The van der Waals surface area contributed by atoms with Crippen molar-refractivity contribution >= 4 is 29.0 Å². The van der Waals surface area contributed by atoms with Gasteiger partial charge in [-0.15, -0.1) is 0 Å². The summed E-state index contributed by atoms with van der Waals surface area (Å²) in [6.45, 7) is 5.70. The molecule has 7 heteroatoms. The molecule has 4 atom stereocenters. The maximum atomic E-state index is 11.7. The molecule has 2 fully saturated rings. The lowest BCUT2D eigenvalue weighted by atomic mass is 9.94. The maximum absolute atomic E-state index is 11.7. The topological polar surface area (TPSA) is 87.0 Å². The monoisotopic (exact) mass is 466 g/mol. The third kappa shape index (κ3) is 5.59. The van der Waals surface area contributed by atoms with E-state index in [0.717, 1.165) is 54.4 Å². The standard InChI is InChI=1S/C26H31ClN4O2/c1-4-18-14-29-26(31-24-8-5-17(13-28)9-23(24)27)15(2)25(18)33-22-11-20-10-19(20)6-7-21(12-22)30-16(3)32/h5,8-9,14,19-22H,4,6-7,10-12H2,1-3H3,(H,29,31)(H,30,32). The van der Waals surface area contributed by atoms with Crippen LogP contribution in [0.1, 0.15) is 62.6 Å². The first-order chi connectivity index (χ1) is 15.9. The summed E-state index contributed by atoms with van der Waals surface area (Å²) in [7, 11) is 0. The quantitative estimate of drug-likeness (QED) is 0.571. The van der Waals surface area contributed by atoms with Gasteiger partial charge in [-0.3, -0.25) is 4.79 Å². The number of aryl methyl sites for hydroxylation is 1. The van der Waals surface area contributed by atoms with Gasteiger partial charge in [-0.2, -0.15) is 5.26 Å². The molecule has 174 valence electrons. The van der Waals surface area contributed by atoms with Crippen LogP contribution in [-0.4, -0.2) is 23.0 Å². The van der Waals surface area contributed by atoms with Gasteiger partial charge in [-0.1, -0.05) is 18.5 Å². The largest absolute Gasteiger partial charge is 0.490 e. The molecule has 2 aliphatic carbocycles. The van der Waals surface area contributed by atoms with E-state index in [4.69, 9.17) is 21.6 Å². The van der Waals surface area contributed by atoms with E-state index in [-0.39, 0.29) is 18.1 Å². The Morgan fingerprint density at radius 1 is 1.27 bits per heavy atom. The number of carbonyl (C=O) groups is 1. The fraction of sp³-hybridized carbons (Fsp3) is 0.500. The SMILES string of the molecule is CCc1cnc(Nc2ccc(C#N)cc2Cl)c(C)c1OC1CC(NC(C)=O)CCC2CC2C1. The highest BCUT2D eigenvalue weighted by Crippen LogP contribution is 2.48. The number of hydrogen-bond acceptors (Lipinski definition) is 5. The van der Waals surface area contributed by atoms with Crippen LogP contribution in [0.3, 0.4) is 0 Å². The highest BCUT2D eigenvalue weighted by Gasteiger charge is 2.41. The molecule has 0 aliphatic heterocycles. The Morgan fingerprint density at radius 2 is 2.09 bits per heavy atom. The molecule has 0 saturated heterocycles. The van der Waals surface area contributed by atoms with E-state index in [1.807, 2.05) is 13.1 Å². The molecule has 6 nitrogen and oxygen atoms in total. The van der Waals surface area contributed by atoms with Gasteiger partial charge in [0.1, 0.15) is 17.7 Å².